The molecule has 0 aliphatic heterocycles. The van der Waals surface area contributed by atoms with Gasteiger partial charge in [-0.2, -0.15) is 0 Å². The van der Waals surface area contributed by atoms with E-state index in [0.29, 0.717) is 21.8 Å². The highest BCUT2D eigenvalue weighted by atomic mass is 35.5. The largest absolute Gasteiger partial charge is 0.497 e. The van der Waals surface area contributed by atoms with Crippen LogP contribution >= 0.6 is 11.6 Å². The topological polar surface area (TPSA) is 61.5 Å². The van der Waals surface area contributed by atoms with Crippen molar-refractivity contribution in [3.05, 3.63) is 119 Å². The first-order chi connectivity index (χ1) is 19.4. The number of aryl methyl sites for hydroxylation is 1. The number of nitrogen functional groups attached to an aromatic ring is 1. The minimum Gasteiger partial charge on any atom is -0.497 e. The molecule has 0 saturated heterocycles. The fourth-order valence-electron chi connectivity index (χ4n) is 5.05. The molecule has 40 heavy (non-hydrogen) atoms. The molecule has 5 heteroatoms. The maximum atomic E-state index is 13.9. The first-order valence-corrected chi connectivity index (χ1v) is 13.5. The van der Waals surface area contributed by atoms with Gasteiger partial charge >= 0.3 is 5.97 Å². The summed E-state index contributed by atoms with van der Waals surface area (Å²) in [7, 11) is 1.64. The Morgan fingerprint density at radius 3 is 1.82 bits per heavy atom. The van der Waals surface area contributed by atoms with Crippen molar-refractivity contribution >= 4 is 23.3 Å². The van der Waals surface area contributed by atoms with Crippen molar-refractivity contribution < 1.29 is 14.3 Å². The normalized spacial score (nSPS) is 10.8. The smallest absolute Gasteiger partial charge is 0.339 e. The fourth-order valence-corrected chi connectivity index (χ4v) is 5.18. The van der Waals surface area contributed by atoms with Gasteiger partial charge in [-0.05, 0) is 60.4 Å². The lowest BCUT2D eigenvalue weighted by Gasteiger charge is -2.25. The Kier molecular flexibility index (Phi) is 7.90. The van der Waals surface area contributed by atoms with Gasteiger partial charge in [0, 0.05) is 33.0 Å². The van der Waals surface area contributed by atoms with Gasteiger partial charge in [0.2, 0.25) is 0 Å². The maximum Gasteiger partial charge on any atom is 0.339 e. The van der Waals surface area contributed by atoms with Crippen molar-refractivity contribution in [2.45, 2.75) is 13.8 Å². The zero-order chi connectivity index (χ0) is 28.2. The predicted molar refractivity (Wildman–Crippen MR) is 165 cm³/mol. The van der Waals surface area contributed by atoms with Gasteiger partial charge in [-0.1, -0.05) is 96.0 Å². The van der Waals surface area contributed by atoms with E-state index in [-0.39, 0.29) is 6.61 Å². The van der Waals surface area contributed by atoms with Crippen molar-refractivity contribution in [2.75, 3.05) is 19.5 Å². The van der Waals surface area contributed by atoms with Crippen LogP contribution in [0.2, 0.25) is 5.02 Å². The Bertz CT molecular complexity index is 1640. The van der Waals surface area contributed by atoms with E-state index in [1.54, 1.807) is 14.0 Å². The zero-order valence-corrected chi connectivity index (χ0v) is 23.5. The van der Waals surface area contributed by atoms with Gasteiger partial charge < -0.3 is 15.2 Å². The molecule has 0 aromatic heterocycles. The molecule has 200 valence electrons. The van der Waals surface area contributed by atoms with Crippen molar-refractivity contribution in [1.29, 1.82) is 0 Å². The van der Waals surface area contributed by atoms with Gasteiger partial charge in [0.05, 0.1) is 19.3 Å². The first kappa shape index (κ1) is 27.0. The monoisotopic (exact) mass is 547 g/mol. The average molecular weight is 548 g/mol. The Labute approximate surface area is 240 Å². The molecular weight excluding hydrogens is 518 g/mol. The summed E-state index contributed by atoms with van der Waals surface area (Å²) in [6.07, 6.45) is 0. The van der Waals surface area contributed by atoms with Gasteiger partial charge in [-0.15, -0.1) is 0 Å². The number of methoxy groups -OCH3 is 1. The molecule has 0 aliphatic rings. The number of ether oxygens (including phenoxy) is 2. The number of hydrogen-bond acceptors (Lipinski definition) is 4. The summed E-state index contributed by atoms with van der Waals surface area (Å²) >= 11 is 6.31. The third-order valence-corrected chi connectivity index (χ3v) is 7.18. The van der Waals surface area contributed by atoms with E-state index in [9.17, 15) is 4.79 Å². The standard InChI is InChI=1S/C35H30ClNO3/c1-4-40-35(38)33-30(25-14-18-27(36)19-15-25)29(24-12-10-22(2)11-13-24)31(26-16-20-28(39-3)21-17-26)34(37)32(33)23-8-6-5-7-9-23/h5-21H,4,37H2,1-3H3. The van der Waals surface area contributed by atoms with Gasteiger partial charge in [0.15, 0.2) is 0 Å². The molecule has 0 radical (unpaired) electrons. The number of esters is 1. The molecule has 0 amide bonds. The highest BCUT2D eigenvalue weighted by molar-refractivity contribution is 6.30. The van der Waals surface area contributed by atoms with Gasteiger partial charge in [0.1, 0.15) is 5.75 Å². The lowest BCUT2D eigenvalue weighted by Crippen LogP contribution is -2.13. The molecule has 0 spiro atoms. The Balaban J connectivity index is 2.02. The van der Waals surface area contributed by atoms with Crippen LogP contribution in [0.4, 0.5) is 5.69 Å². The van der Waals surface area contributed by atoms with Crippen LogP contribution in [0.15, 0.2) is 103 Å². The SMILES string of the molecule is CCOC(=O)c1c(-c2ccccc2)c(N)c(-c2ccc(OC)cc2)c(-c2ccc(C)cc2)c1-c1ccc(Cl)cc1. The van der Waals surface area contributed by atoms with E-state index in [1.807, 2.05) is 85.8 Å². The molecule has 0 unspecified atom stereocenters. The Morgan fingerprint density at radius 2 is 1.23 bits per heavy atom. The van der Waals surface area contributed by atoms with Crippen LogP contribution in [0.1, 0.15) is 22.8 Å². The van der Waals surface area contributed by atoms with Crippen LogP contribution in [-0.4, -0.2) is 19.7 Å². The molecule has 0 aliphatic carbocycles. The second kappa shape index (κ2) is 11.7. The van der Waals surface area contributed by atoms with Crippen molar-refractivity contribution in [3.63, 3.8) is 0 Å². The summed E-state index contributed by atoms with van der Waals surface area (Å²) in [6.45, 7) is 4.08. The number of hydrogen-bond donors (Lipinski definition) is 1. The van der Waals surface area contributed by atoms with E-state index in [1.165, 1.54) is 0 Å². The van der Waals surface area contributed by atoms with E-state index in [2.05, 4.69) is 24.3 Å². The zero-order valence-electron chi connectivity index (χ0n) is 22.7. The van der Waals surface area contributed by atoms with Crippen LogP contribution < -0.4 is 10.5 Å². The van der Waals surface area contributed by atoms with Gasteiger partial charge in [-0.3, -0.25) is 0 Å². The molecule has 4 nitrogen and oxygen atoms in total. The lowest BCUT2D eigenvalue weighted by molar-refractivity contribution is 0.0528. The van der Waals surface area contributed by atoms with Crippen molar-refractivity contribution in [1.82, 2.24) is 0 Å². The third kappa shape index (κ3) is 5.18. The highest BCUT2D eigenvalue weighted by Gasteiger charge is 2.30. The second-order valence-corrected chi connectivity index (χ2v) is 9.91. The highest BCUT2D eigenvalue weighted by Crippen LogP contribution is 2.51. The molecular formula is C35H30ClNO3. The van der Waals surface area contributed by atoms with E-state index < -0.39 is 5.97 Å². The molecule has 0 bridgehead atoms. The predicted octanol–water partition coefficient (Wildman–Crippen LogP) is 9.08. The number of carbonyl (C=O) groups excluding carboxylic acids is 1. The first-order valence-electron chi connectivity index (χ1n) is 13.1. The van der Waals surface area contributed by atoms with Crippen molar-refractivity contribution in [3.8, 4) is 50.3 Å². The van der Waals surface area contributed by atoms with Crippen LogP contribution in [0.3, 0.4) is 0 Å². The Hall–Kier alpha value is -4.54. The summed E-state index contributed by atoms with van der Waals surface area (Å²) < 4.78 is 11.1. The molecule has 5 aromatic rings. The fraction of sp³-hybridized carbons (Fsp3) is 0.114. The number of halogens is 1. The van der Waals surface area contributed by atoms with Crippen LogP contribution in [-0.2, 0) is 4.74 Å². The maximum absolute atomic E-state index is 13.9. The van der Waals surface area contributed by atoms with E-state index >= 15 is 0 Å². The Morgan fingerprint density at radius 1 is 0.700 bits per heavy atom. The quantitative estimate of drug-likeness (QED) is 0.163. The summed E-state index contributed by atoms with van der Waals surface area (Å²) in [4.78, 5) is 13.9. The second-order valence-electron chi connectivity index (χ2n) is 9.48. The van der Waals surface area contributed by atoms with E-state index in [0.717, 1.165) is 50.3 Å². The van der Waals surface area contributed by atoms with Crippen LogP contribution in [0.25, 0.3) is 44.5 Å². The molecule has 0 heterocycles. The molecule has 2 N–H and O–H groups in total. The molecule has 0 saturated carbocycles. The molecule has 5 rings (SSSR count). The number of nitrogens with two attached hydrogens (primary N) is 1. The minimum absolute atomic E-state index is 0.229. The minimum atomic E-state index is -0.437. The van der Waals surface area contributed by atoms with Crippen LogP contribution in [0.5, 0.6) is 5.75 Å². The number of carbonyl (C=O) groups is 1. The van der Waals surface area contributed by atoms with Gasteiger partial charge in [0.25, 0.3) is 0 Å². The third-order valence-electron chi connectivity index (χ3n) is 6.93. The van der Waals surface area contributed by atoms with Crippen molar-refractivity contribution in [2.24, 2.45) is 0 Å². The molecule has 0 atom stereocenters. The van der Waals surface area contributed by atoms with Crippen LogP contribution in [0, 0.1) is 6.92 Å². The summed E-state index contributed by atoms with van der Waals surface area (Å²) in [5.41, 5.74) is 15.7. The average Bonchev–Trinajstić information content (AvgIpc) is 2.98. The summed E-state index contributed by atoms with van der Waals surface area (Å²) in [5.74, 6) is 0.302. The summed E-state index contributed by atoms with van der Waals surface area (Å²) in [6, 6.07) is 33.3. The molecule has 0 fully saturated rings. The number of rotatable bonds is 7. The molecule has 5 aromatic carbocycles. The lowest BCUT2D eigenvalue weighted by atomic mass is 9.79. The summed E-state index contributed by atoms with van der Waals surface area (Å²) in [5, 5.41) is 0.604. The number of benzene rings is 5. The van der Waals surface area contributed by atoms with E-state index in [4.69, 9.17) is 26.8 Å². The van der Waals surface area contributed by atoms with Gasteiger partial charge in [-0.25, -0.2) is 4.79 Å². The number of anilines is 1.